The number of aliphatic carboxylic acids is 1. The molecule has 8 nitrogen and oxygen atoms in total. The molecule has 2 N–H and O–H groups in total. The third kappa shape index (κ3) is 4.61. The number of hydrogen-bond donors (Lipinski definition) is 2. The number of hydrogen-bond acceptors (Lipinski definition) is 5. The standard InChI is InChI=1S/C31H26N4O4/c1-20(21-6-3-2-4-7-21)39-30(38)33-28-26-8-5-19-32-35(26)34-27(28)24-11-9-22(10-12-24)23-13-15-25(16-14-23)31(17-18-31)29(36)37/h2-16,19-20H,17-18H2,1H3,(H,33,38)(H,36,37)/t20-/m1/s1. The van der Waals surface area contributed by atoms with Crippen LogP contribution in [0.25, 0.3) is 27.9 Å². The molecule has 0 radical (unpaired) electrons. The lowest BCUT2D eigenvalue weighted by atomic mass is 9.93. The normalized spacial score (nSPS) is 14.5. The highest BCUT2D eigenvalue weighted by molar-refractivity contribution is 5.97. The molecule has 1 amide bonds. The highest BCUT2D eigenvalue weighted by atomic mass is 16.6. The van der Waals surface area contributed by atoms with E-state index >= 15 is 0 Å². The fourth-order valence-electron chi connectivity index (χ4n) is 4.86. The first-order valence-corrected chi connectivity index (χ1v) is 12.8. The summed E-state index contributed by atoms with van der Waals surface area (Å²) < 4.78 is 7.12. The van der Waals surface area contributed by atoms with Crippen LogP contribution < -0.4 is 5.32 Å². The van der Waals surface area contributed by atoms with Crippen LogP contribution in [0.3, 0.4) is 0 Å². The molecule has 8 heteroatoms. The lowest BCUT2D eigenvalue weighted by Gasteiger charge is -2.14. The van der Waals surface area contributed by atoms with E-state index < -0.39 is 23.6 Å². The lowest BCUT2D eigenvalue weighted by molar-refractivity contribution is -0.140. The van der Waals surface area contributed by atoms with Crippen LogP contribution in [-0.2, 0) is 14.9 Å². The van der Waals surface area contributed by atoms with E-state index in [1.165, 1.54) is 4.63 Å². The molecule has 6 rings (SSSR count). The van der Waals surface area contributed by atoms with Crippen LogP contribution in [0.5, 0.6) is 0 Å². The number of nitrogens with one attached hydrogen (secondary N) is 1. The molecule has 0 saturated heterocycles. The van der Waals surface area contributed by atoms with Gasteiger partial charge in [0.15, 0.2) is 0 Å². The van der Waals surface area contributed by atoms with Gasteiger partial charge in [-0.05, 0) is 54.2 Å². The second kappa shape index (κ2) is 9.72. The molecule has 5 aromatic rings. The highest BCUT2D eigenvalue weighted by Crippen LogP contribution is 2.48. The van der Waals surface area contributed by atoms with Gasteiger partial charge < -0.3 is 9.84 Å². The van der Waals surface area contributed by atoms with Crippen molar-refractivity contribution < 1.29 is 19.4 Å². The summed E-state index contributed by atoms with van der Waals surface area (Å²) in [5.74, 6) is -0.760. The van der Waals surface area contributed by atoms with Gasteiger partial charge in [-0.1, -0.05) is 78.9 Å². The minimum absolute atomic E-state index is 0.425. The van der Waals surface area contributed by atoms with Crippen molar-refractivity contribution in [2.24, 2.45) is 0 Å². The highest BCUT2D eigenvalue weighted by Gasteiger charge is 2.51. The number of nitrogens with zero attached hydrogens (tertiary/aromatic N) is 3. The van der Waals surface area contributed by atoms with Gasteiger partial charge >= 0.3 is 12.1 Å². The van der Waals surface area contributed by atoms with Crippen LogP contribution in [-0.4, -0.2) is 32.0 Å². The second-order valence-electron chi connectivity index (χ2n) is 9.75. The van der Waals surface area contributed by atoms with Gasteiger partial charge in [0.1, 0.15) is 17.3 Å². The Morgan fingerprint density at radius 3 is 2.18 bits per heavy atom. The van der Waals surface area contributed by atoms with Crippen molar-refractivity contribution in [1.29, 1.82) is 0 Å². The first-order chi connectivity index (χ1) is 18.9. The van der Waals surface area contributed by atoms with E-state index in [0.29, 0.717) is 29.7 Å². The number of rotatable bonds is 7. The first-order valence-electron chi connectivity index (χ1n) is 12.8. The van der Waals surface area contributed by atoms with Crippen LogP contribution >= 0.6 is 0 Å². The molecule has 3 aromatic carbocycles. The molecule has 0 aliphatic heterocycles. The molecule has 2 heterocycles. The van der Waals surface area contributed by atoms with Crippen molar-refractivity contribution in [3.05, 3.63) is 108 Å². The summed E-state index contributed by atoms with van der Waals surface area (Å²) in [7, 11) is 0. The van der Waals surface area contributed by atoms with E-state index in [0.717, 1.165) is 27.8 Å². The summed E-state index contributed by atoms with van der Waals surface area (Å²) in [4.78, 5) is 24.5. The molecule has 1 aliphatic rings. The van der Waals surface area contributed by atoms with Crippen LogP contribution in [0.1, 0.15) is 37.0 Å². The van der Waals surface area contributed by atoms with E-state index in [2.05, 4.69) is 15.5 Å². The minimum Gasteiger partial charge on any atom is -0.481 e. The molecule has 0 unspecified atom stereocenters. The van der Waals surface area contributed by atoms with E-state index in [1.807, 2.05) is 91.9 Å². The summed E-state index contributed by atoms with van der Waals surface area (Å²) in [6.45, 7) is 1.82. The molecule has 194 valence electrons. The molecule has 1 atom stereocenters. The maximum atomic E-state index is 12.9. The Kier molecular flexibility index (Phi) is 6.07. The third-order valence-electron chi connectivity index (χ3n) is 7.29. The predicted octanol–water partition coefficient (Wildman–Crippen LogP) is 6.49. The molecule has 0 spiro atoms. The zero-order valence-corrected chi connectivity index (χ0v) is 21.2. The number of carboxylic acids is 1. The van der Waals surface area contributed by atoms with Gasteiger partial charge in [-0.15, -0.1) is 9.73 Å². The van der Waals surface area contributed by atoms with Gasteiger partial charge in [0.25, 0.3) is 0 Å². The molecular weight excluding hydrogens is 492 g/mol. The maximum Gasteiger partial charge on any atom is 0.412 e. The first kappa shape index (κ1) is 24.4. The summed E-state index contributed by atoms with van der Waals surface area (Å²) >= 11 is 0. The SMILES string of the molecule is C[C@@H](OC(=O)Nc1c(-c2ccc(-c3ccc(C4(C(=O)O)CC4)cc3)cc2)nn2ncccc12)c1ccccc1. The van der Waals surface area contributed by atoms with E-state index in [9.17, 15) is 14.7 Å². The Labute approximate surface area is 224 Å². The monoisotopic (exact) mass is 518 g/mol. The number of amides is 1. The maximum absolute atomic E-state index is 12.9. The molecule has 1 saturated carbocycles. The Hall–Kier alpha value is -4.98. The Morgan fingerprint density at radius 2 is 1.54 bits per heavy atom. The zero-order valence-electron chi connectivity index (χ0n) is 21.2. The Bertz CT molecular complexity index is 1660. The average molecular weight is 519 g/mol. The smallest absolute Gasteiger partial charge is 0.412 e. The van der Waals surface area contributed by atoms with Gasteiger partial charge in [0.2, 0.25) is 0 Å². The molecule has 1 aliphatic carbocycles. The average Bonchev–Trinajstić information content (AvgIpc) is 3.71. The topological polar surface area (TPSA) is 106 Å². The summed E-state index contributed by atoms with van der Waals surface area (Å²) in [5, 5.41) is 21.3. The van der Waals surface area contributed by atoms with E-state index in [-0.39, 0.29) is 0 Å². The summed E-state index contributed by atoms with van der Waals surface area (Å²) in [6.07, 6.45) is 1.98. The predicted molar refractivity (Wildman–Crippen MR) is 147 cm³/mol. The molecule has 39 heavy (non-hydrogen) atoms. The van der Waals surface area contributed by atoms with Crippen molar-refractivity contribution in [1.82, 2.24) is 14.8 Å². The van der Waals surface area contributed by atoms with Gasteiger partial charge in [-0.2, -0.15) is 5.10 Å². The largest absolute Gasteiger partial charge is 0.481 e. The Balaban J connectivity index is 1.25. The van der Waals surface area contributed by atoms with Crippen molar-refractivity contribution >= 4 is 23.3 Å². The molecule has 2 aromatic heterocycles. The number of aromatic nitrogens is 3. The van der Waals surface area contributed by atoms with Gasteiger partial charge in [0, 0.05) is 11.8 Å². The van der Waals surface area contributed by atoms with E-state index in [4.69, 9.17) is 4.74 Å². The number of anilines is 1. The van der Waals surface area contributed by atoms with Crippen molar-refractivity contribution in [2.75, 3.05) is 5.32 Å². The van der Waals surface area contributed by atoms with Crippen LogP contribution in [0, 0.1) is 0 Å². The summed E-state index contributed by atoms with van der Waals surface area (Å²) in [5.41, 5.74) is 5.51. The van der Waals surface area contributed by atoms with Gasteiger partial charge in [-0.25, -0.2) is 4.79 Å². The quantitative estimate of drug-likeness (QED) is 0.255. The zero-order chi connectivity index (χ0) is 27.0. The minimum atomic E-state index is -0.760. The number of carbonyl (C=O) groups is 2. The summed E-state index contributed by atoms with van der Waals surface area (Å²) in [6, 6.07) is 28.7. The van der Waals surface area contributed by atoms with Crippen LogP contribution in [0.2, 0.25) is 0 Å². The van der Waals surface area contributed by atoms with Crippen molar-refractivity contribution in [3.63, 3.8) is 0 Å². The molecule has 1 fully saturated rings. The van der Waals surface area contributed by atoms with Crippen molar-refractivity contribution in [3.8, 4) is 22.4 Å². The number of fused-ring (bicyclic) bond motifs is 1. The van der Waals surface area contributed by atoms with E-state index in [1.54, 1.807) is 12.3 Å². The van der Waals surface area contributed by atoms with Gasteiger partial charge in [0.05, 0.1) is 11.1 Å². The second-order valence-corrected chi connectivity index (χ2v) is 9.75. The van der Waals surface area contributed by atoms with Gasteiger partial charge in [-0.3, -0.25) is 10.1 Å². The van der Waals surface area contributed by atoms with Crippen LogP contribution in [0.4, 0.5) is 10.5 Å². The third-order valence-corrected chi connectivity index (χ3v) is 7.29. The number of carbonyl (C=O) groups excluding carboxylic acids is 1. The molecular formula is C31H26N4O4. The van der Waals surface area contributed by atoms with Crippen molar-refractivity contribution in [2.45, 2.75) is 31.3 Å². The fraction of sp³-hybridized carbons (Fsp3) is 0.161. The number of ether oxygens (including phenoxy) is 1. The number of benzene rings is 3. The Morgan fingerprint density at radius 1 is 0.897 bits per heavy atom. The lowest BCUT2D eigenvalue weighted by Crippen LogP contribution is -2.19. The fourth-order valence-corrected chi connectivity index (χ4v) is 4.86. The molecule has 0 bridgehead atoms. The number of carboxylic acid groups (broad SMARTS) is 1. The van der Waals surface area contributed by atoms with Crippen LogP contribution in [0.15, 0.2) is 97.2 Å².